The van der Waals surface area contributed by atoms with E-state index in [0.717, 1.165) is 33.6 Å². The Morgan fingerprint density at radius 1 is 1.03 bits per heavy atom. The molecule has 0 spiro atoms. The van der Waals surface area contributed by atoms with E-state index in [1.807, 2.05) is 44.7 Å². The zero-order valence-electron chi connectivity index (χ0n) is 19.1. The number of aryl methyl sites for hydroxylation is 5. The Morgan fingerprint density at radius 2 is 1.72 bits per heavy atom. The second-order valence-corrected chi connectivity index (χ2v) is 12.2. The molecule has 2 aromatic rings. The third-order valence-corrected chi connectivity index (χ3v) is 9.33. The molecule has 2 aromatic carbocycles. The summed E-state index contributed by atoms with van der Waals surface area (Å²) in [6, 6.07) is 9.96. The number of fused-ring (bicyclic) bond motifs is 1. The predicted molar refractivity (Wildman–Crippen MR) is 134 cm³/mol. The van der Waals surface area contributed by atoms with Crippen LogP contribution in [-0.4, -0.2) is 48.8 Å². The van der Waals surface area contributed by atoms with E-state index in [2.05, 4.69) is 30.4 Å². The van der Waals surface area contributed by atoms with Crippen molar-refractivity contribution in [3.05, 3.63) is 58.1 Å². The van der Waals surface area contributed by atoms with E-state index in [1.165, 1.54) is 17.3 Å². The van der Waals surface area contributed by atoms with E-state index in [9.17, 15) is 13.2 Å². The number of nitrogens with one attached hydrogen (secondary N) is 1. The van der Waals surface area contributed by atoms with Gasteiger partial charge in [0.25, 0.3) is 0 Å². The fourth-order valence-corrected chi connectivity index (χ4v) is 8.11. The maximum absolute atomic E-state index is 13.1. The average molecular weight is 472 g/mol. The number of rotatable bonds is 4. The summed E-state index contributed by atoms with van der Waals surface area (Å²) in [4.78, 5) is 19.8. The van der Waals surface area contributed by atoms with Crippen LogP contribution in [0.25, 0.3) is 0 Å². The van der Waals surface area contributed by atoms with Crippen LogP contribution in [0.5, 0.6) is 0 Å². The molecule has 0 saturated carbocycles. The largest absolute Gasteiger partial charge is 0.324 e. The van der Waals surface area contributed by atoms with Crippen molar-refractivity contribution in [2.24, 2.45) is 4.99 Å². The molecule has 170 valence electrons. The summed E-state index contributed by atoms with van der Waals surface area (Å²) in [5.41, 5.74) is 7.24. The zero-order valence-corrected chi connectivity index (χ0v) is 20.7. The second-order valence-electron chi connectivity index (χ2n) is 8.89. The van der Waals surface area contributed by atoms with Gasteiger partial charge in [-0.15, -0.1) is 0 Å². The first kappa shape index (κ1) is 22.9. The summed E-state index contributed by atoms with van der Waals surface area (Å²) in [6.07, 6.45) is 0. The van der Waals surface area contributed by atoms with E-state index in [0.29, 0.717) is 5.17 Å². The summed E-state index contributed by atoms with van der Waals surface area (Å²) in [5, 5.41) is 3.72. The molecule has 0 radical (unpaired) electrons. The Morgan fingerprint density at radius 3 is 2.34 bits per heavy atom. The Balaban J connectivity index is 1.62. The SMILES string of the molecule is Cc1cc(C)c(NC(=O)CN(C2=N[C@H]3CS(=O)(=O)C[C@H]3S2)c2ccc(C)c(C)c2)c(C)c1. The highest BCUT2D eigenvalue weighted by Gasteiger charge is 2.44. The molecular weight excluding hydrogens is 442 g/mol. The van der Waals surface area contributed by atoms with Gasteiger partial charge in [0.05, 0.1) is 17.5 Å². The summed E-state index contributed by atoms with van der Waals surface area (Å²) in [5.74, 6) is 0.0960. The van der Waals surface area contributed by atoms with Crippen LogP contribution in [0.15, 0.2) is 35.3 Å². The van der Waals surface area contributed by atoms with Crippen LogP contribution in [-0.2, 0) is 14.6 Å². The Labute approximate surface area is 194 Å². The number of hydrogen-bond acceptors (Lipinski definition) is 6. The summed E-state index contributed by atoms with van der Waals surface area (Å²) < 4.78 is 24.0. The van der Waals surface area contributed by atoms with E-state index < -0.39 is 9.84 Å². The van der Waals surface area contributed by atoms with Crippen molar-refractivity contribution in [2.75, 3.05) is 28.3 Å². The van der Waals surface area contributed by atoms with Gasteiger partial charge in [-0.2, -0.15) is 0 Å². The number of hydrogen-bond donors (Lipinski definition) is 1. The van der Waals surface area contributed by atoms with Crippen molar-refractivity contribution in [1.82, 2.24) is 0 Å². The molecule has 2 heterocycles. The number of aliphatic imine (C=N–C) groups is 1. The molecule has 0 aliphatic carbocycles. The molecule has 1 amide bonds. The Kier molecular flexibility index (Phi) is 6.11. The van der Waals surface area contributed by atoms with Gasteiger partial charge in [0.15, 0.2) is 15.0 Å². The number of carbonyl (C=O) groups is 1. The van der Waals surface area contributed by atoms with Crippen LogP contribution in [0.1, 0.15) is 27.8 Å². The van der Waals surface area contributed by atoms with Gasteiger partial charge < -0.3 is 10.2 Å². The molecule has 4 rings (SSSR count). The highest BCUT2D eigenvalue weighted by molar-refractivity contribution is 8.15. The average Bonchev–Trinajstić information content (AvgIpc) is 3.18. The minimum absolute atomic E-state index is 0.0753. The summed E-state index contributed by atoms with van der Waals surface area (Å²) in [7, 11) is -3.03. The minimum atomic E-state index is -3.03. The van der Waals surface area contributed by atoms with Crippen LogP contribution >= 0.6 is 11.8 Å². The van der Waals surface area contributed by atoms with Crippen molar-refractivity contribution in [2.45, 2.75) is 45.9 Å². The molecule has 32 heavy (non-hydrogen) atoms. The number of amides is 1. The van der Waals surface area contributed by atoms with E-state index in [1.54, 1.807) is 0 Å². The molecule has 0 aromatic heterocycles. The predicted octanol–water partition coefficient (Wildman–Crippen LogP) is 3.94. The van der Waals surface area contributed by atoms with Gasteiger partial charge in [0.1, 0.15) is 6.54 Å². The molecule has 6 nitrogen and oxygen atoms in total. The first-order chi connectivity index (χ1) is 15.0. The second kappa shape index (κ2) is 8.56. The number of anilines is 2. The maximum Gasteiger partial charge on any atom is 0.244 e. The molecule has 0 unspecified atom stereocenters. The lowest BCUT2D eigenvalue weighted by Crippen LogP contribution is -2.37. The topological polar surface area (TPSA) is 78.8 Å². The molecular formula is C24H29N3O3S2. The Bertz CT molecular complexity index is 1200. The third kappa shape index (κ3) is 4.71. The summed E-state index contributed by atoms with van der Waals surface area (Å²) >= 11 is 1.47. The molecule has 8 heteroatoms. The lowest BCUT2D eigenvalue weighted by molar-refractivity contribution is -0.114. The normalized spacial score (nSPS) is 21.2. The number of amidine groups is 1. The number of nitrogens with zero attached hydrogens (tertiary/aromatic N) is 2. The monoisotopic (exact) mass is 471 g/mol. The van der Waals surface area contributed by atoms with Gasteiger partial charge in [0.2, 0.25) is 5.91 Å². The number of benzene rings is 2. The highest BCUT2D eigenvalue weighted by atomic mass is 32.2. The standard InChI is InChI=1S/C24H29N3O3S2/c1-14-8-17(4)23(18(5)9-14)26-22(28)11-27(19-7-6-15(2)16(3)10-19)24-25-20-12-32(29,30)13-21(20)31-24/h6-10,20-21H,11-13H2,1-5H3,(H,26,28)/t20-,21+/m0/s1. The van der Waals surface area contributed by atoms with Gasteiger partial charge >= 0.3 is 0 Å². The van der Waals surface area contributed by atoms with E-state index >= 15 is 0 Å². The lowest BCUT2D eigenvalue weighted by atomic mass is 10.1. The van der Waals surface area contributed by atoms with Crippen LogP contribution < -0.4 is 10.2 Å². The van der Waals surface area contributed by atoms with Crippen LogP contribution in [0.2, 0.25) is 0 Å². The first-order valence-electron chi connectivity index (χ1n) is 10.7. The van der Waals surface area contributed by atoms with Crippen molar-refractivity contribution < 1.29 is 13.2 Å². The molecule has 1 saturated heterocycles. The smallest absolute Gasteiger partial charge is 0.244 e. The third-order valence-electron chi connectivity index (χ3n) is 6.08. The fourth-order valence-electron chi connectivity index (χ4n) is 4.33. The van der Waals surface area contributed by atoms with Crippen molar-refractivity contribution in [3.63, 3.8) is 0 Å². The fraction of sp³-hybridized carbons (Fsp3) is 0.417. The molecule has 1 fully saturated rings. The van der Waals surface area contributed by atoms with Gasteiger partial charge in [-0.1, -0.05) is 35.5 Å². The molecule has 1 N–H and O–H groups in total. The molecule has 2 aliphatic heterocycles. The lowest BCUT2D eigenvalue weighted by Gasteiger charge is -2.25. The van der Waals surface area contributed by atoms with Crippen molar-refractivity contribution in [3.8, 4) is 0 Å². The molecule has 2 atom stereocenters. The Hall–Kier alpha value is -2.32. The van der Waals surface area contributed by atoms with Gasteiger partial charge in [-0.05, 0) is 69.0 Å². The van der Waals surface area contributed by atoms with Gasteiger partial charge in [0, 0.05) is 16.6 Å². The van der Waals surface area contributed by atoms with Crippen LogP contribution in [0.3, 0.4) is 0 Å². The first-order valence-corrected chi connectivity index (χ1v) is 13.4. The molecule has 0 bridgehead atoms. The summed E-state index contributed by atoms with van der Waals surface area (Å²) in [6.45, 7) is 10.2. The van der Waals surface area contributed by atoms with E-state index in [-0.39, 0.29) is 35.2 Å². The van der Waals surface area contributed by atoms with Gasteiger partial charge in [-0.3, -0.25) is 9.79 Å². The maximum atomic E-state index is 13.1. The number of sulfone groups is 1. The van der Waals surface area contributed by atoms with Gasteiger partial charge in [-0.25, -0.2) is 8.42 Å². The molecule has 2 aliphatic rings. The van der Waals surface area contributed by atoms with Crippen molar-refractivity contribution >= 4 is 44.0 Å². The zero-order chi connectivity index (χ0) is 23.2. The van der Waals surface area contributed by atoms with E-state index in [4.69, 9.17) is 4.99 Å². The van der Waals surface area contributed by atoms with Crippen LogP contribution in [0.4, 0.5) is 11.4 Å². The quantitative estimate of drug-likeness (QED) is 0.731. The van der Waals surface area contributed by atoms with Crippen molar-refractivity contribution in [1.29, 1.82) is 0 Å². The number of carbonyl (C=O) groups excluding carboxylic acids is 1. The highest BCUT2D eigenvalue weighted by Crippen LogP contribution is 2.37. The number of thioether (sulfide) groups is 1. The minimum Gasteiger partial charge on any atom is -0.324 e. The van der Waals surface area contributed by atoms with Crippen LogP contribution in [0, 0.1) is 34.6 Å².